The number of carbonyl (C=O) groups is 3. The molecule has 8 heteroatoms. The molecular formula is C14H11ClFNO5. The molecule has 22 heavy (non-hydrogen) atoms. The van der Waals surface area contributed by atoms with Crippen molar-refractivity contribution in [2.75, 3.05) is 13.1 Å². The van der Waals surface area contributed by atoms with Gasteiger partial charge in [-0.1, -0.05) is 11.6 Å². The standard InChI is InChI=1S/C14H11ClFNO5/c15-9-2-1-7(16)3-8(9)10(18)17-5-13(11(19)20)4-14(13,6-17)12(21)22/h1-3H,4-6H2,(H,19,20)(H,21,22)/t13-,14+. The molecule has 1 saturated carbocycles. The summed E-state index contributed by atoms with van der Waals surface area (Å²) >= 11 is 5.86. The second-order valence-electron chi connectivity index (χ2n) is 5.74. The van der Waals surface area contributed by atoms with Crippen LogP contribution in [0.5, 0.6) is 0 Å². The Bertz CT molecular complexity index is 695. The number of carboxylic acid groups (broad SMARTS) is 2. The van der Waals surface area contributed by atoms with Gasteiger partial charge >= 0.3 is 11.9 Å². The summed E-state index contributed by atoms with van der Waals surface area (Å²) in [5, 5.41) is 18.6. The normalized spacial score (nSPS) is 29.1. The third-order valence-electron chi connectivity index (χ3n) is 4.58. The van der Waals surface area contributed by atoms with Gasteiger partial charge in [-0.05, 0) is 24.6 Å². The lowest BCUT2D eigenvalue weighted by atomic mass is 9.97. The average Bonchev–Trinajstić information content (AvgIpc) is 3.00. The van der Waals surface area contributed by atoms with Crippen LogP contribution in [0, 0.1) is 16.6 Å². The maximum Gasteiger partial charge on any atom is 0.312 e. The minimum atomic E-state index is -1.46. The van der Waals surface area contributed by atoms with E-state index in [1.165, 1.54) is 6.07 Å². The van der Waals surface area contributed by atoms with Crippen LogP contribution in [-0.2, 0) is 9.59 Å². The highest BCUT2D eigenvalue weighted by Gasteiger charge is 2.81. The average molecular weight is 328 g/mol. The lowest BCUT2D eigenvalue weighted by Crippen LogP contribution is -2.34. The Morgan fingerprint density at radius 1 is 1.14 bits per heavy atom. The van der Waals surface area contributed by atoms with Crippen LogP contribution in [0.3, 0.4) is 0 Å². The Kier molecular flexibility index (Phi) is 2.97. The van der Waals surface area contributed by atoms with E-state index in [0.717, 1.165) is 17.0 Å². The zero-order valence-electron chi connectivity index (χ0n) is 11.2. The molecule has 3 rings (SSSR count). The molecule has 0 aromatic heterocycles. The topological polar surface area (TPSA) is 94.9 Å². The molecule has 1 aromatic rings. The van der Waals surface area contributed by atoms with Crippen LogP contribution in [0.1, 0.15) is 16.8 Å². The minimum absolute atomic E-state index is 0.00860. The molecular weight excluding hydrogens is 317 g/mol. The van der Waals surface area contributed by atoms with Crippen molar-refractivity contribution in [1.29, 1.82) is 0 Å². The molecule has 0 unspecified atom stereocenters. The Hall–Kier alpha value is -2.15. The summed E-state index contributed by atoms with van der Waals surface area (Å²) in [6, 6.07) is 3.27. The first kappa shape index (κ1) is 14.8. The van der Waals surface area contributed by atoms with Crippen LogP contribution in [0.15, 0.2) is 18.2 Å². The van der Waals surface area contributed by atoms with E-state index in [-0.39, 0.29) is 30.1 Å². The summed E-state index contributed by atoms with van der Waals surface area (Å²) in [5.74, 6) is -3.80. The van der Waals surface area contributed by atoms with Crippen molar-refractivity contribution in [3.05, 3.63) is 34.6 Å². The van der Waals surface area contributed by atoms with Crippen molar-refractivity contribution in [3.63, 3.8) is 0 Å². The molecule has 1 saturated heterocycles. The second-order valence-corrected chi connectivity index (χ2v) is 6.14. The number of carboxylic acids is 2. The number of nitrogens with zero attached hydrogens (tertiary/aromatic N) is 1. The van der Waals surface area contributed by atoms with Crippen molar-refractivity contribution < 1.29 is 29.0 Å². The fourth-order valence-corrected chi connectivity index (χ4v) is 3.46. The van der Waals surface area contributed by atoms with E-state index in [2.05, 4.69) is 0 Å². The second kappa shape index (κ2) is 4.42. The Morgan fingerprint density at radius 2 is 1.68 bits per heavy atom. The number of halogens is 2. The predicted octanol–water partition coefficient (Wildman–Crippen LogP) is 1.48. The summed E-state index contributed by atoms with van der Waals surface area (Å²) in [7, 11) is 0. The molecule has 116 valence electrons. The van der Waals surface area contributed by atoms with Crippen LogP contribution in [0.4, 0.5) is 4.39 Å². The monoisotopic (exact) mass is 327 g/mol. The minimum Gasteiger partial charge on any atom is -0.481 e. The fourth-order valence-electron chi connectivity index (χ4n) is 3.26. The van der Waals surface area contributed by atoms with E-state index in [1.54, 1.807) is 0 Å². The number of carbonyl (C=O) groups excluding carboxylic acids is 1. The van der Waals surface area contributed by atoms with Gasteiger partial charge in [-0.15, -0.1) is 0 Å². The number of likely N-dealkylation sites (tertiary alicyclic amines) is 1. The molecule has 2 N–H and O–H groups in total. The molecule has 6 nitrogen and oxygen atoms in total. The van der Waals surface area contributed by atoms with Crippen LogP contribution in [0.2, 0.25) is 5.02 Å². The van der Waals surface area contributed by atoms with Crippen molar-refractivity contribution in [2.24, 2.45) is 10.8 Å². The smallest absolute Gasteiger partial charge is 0.312 e. The zero-order chi connectivity index (χ0) is 16.3. The first-order chi connectivity index (χ1) is 10.2. The summed E-state index contributed by atoms with van der Waals surface area (Å²) in [6.07, 6.45) is -0.00860. The third kappa shape index (κ3) is 1.75. The van der Waals surface area contributed by atoms with Gasteiger partial charge in [-0.25, -0.2) is 4.39 Å². The summed E-state index contributed by atoms with van der Waals surface area (Å²) in [5.41, 5.74) is -3.04. The lowest BCUT2D eigenvalue weighted by Gasteiger charge is -2.20. The van der Waals surface area contributed by atoms with Crippen LogP contribution < -0.4 is 0 Å². The number of rotatable bonds is 3. The first-order valence-electron chi connectivity index (χ1n) is 6.45. The van der Waals surface area contributed by atoms with Gasteiger partial charge in [0.2, 0.25) is 0 Å². The van der Waals surface area contributed by atoms with E-state index in [1.807, 2.05) is 0 Å². The highest BCUT2D eigenvalue weighted by atomic mass is 35.5. The highest BCUT2D eigenvalue weighted by Crippen LogP contribution is 2.68. The molecule has 2 aliphatic rings. The summed E-state index contributed by atoms with van der Waals surface area (Å²) < 4.78 is 13.3. The fraction of sp³-hybridized carbons (Fsp3) is 0.357. The molecule has 2 atom stereocenters. The van der Waals surface area contributed by atoms with E-state index in [0.29, 0.717) is 0 Å². The van der Waals surface area contributed by atoms with Crippen LogP contribution in [-0.4, -0.2) is 46.0 Å². The van der Waals surface area contributed by atoms with Gasteiger partial charge in [0.05, 0.1) is 10.6 Å². The molecule has 2 fully saturated rings. The number of fused-ring (bicyclic) bond motifs is 1. The third-order valence-corrected chi connectivity index (χ3v) is 4.91. The molecule has 0 bridgehead atoms. The van der Waals surface area contributed by atoms with Gasteiger partial charge in [0.1, 0.15) is 16.6 Å². The lowest BCUT2D eigenvalue weighted by molar-refractivity contribution is -0.151. The quantitative estimate of drug-likeness (QED) is 0.877. The number of hydrogen-bond donors (Lipinski definition) is 2. The number of piperidine rings is 1. The van der Waals surface area contributed by atoms with Crippen molar-refractivity contribution in [2.45, 2.75) is 6.42 Å². The van der Waals surface area contributed by atoms with Crippen LogP contribution in [0.25, 0.3) is 0 Å². The van der Waals surface area contributed by atoms with Gasteiger partial charge in [0.25, 0.3) is 5.91 Å². The van der Waals surface area contributed by atoms with Crippen molar-refractivity contribution >= 4 is 29.4 Å². The number of aliphatic carboxylic acids is 2. The highest BCUT2D eigenvalue weighted by molar-refractivity contribution is 6.33. The maximum atomic E-state index is 13.3. The largest absolute Gasteiger partial charge is 0.481 e. The number of amides is 1. The molecule has 1 aliphatic carbocycles. The zero-order valence-corrected chi connectivity index (χ0v) is 11.9. The number of hydrogen-bond acceptors (Lipinski definition) is 3. The molecule has 0 radical (unpaired) electrons. The van der Waals surface area contributed by atoms with E-state index < -0.39 is 34.5 Å². The van der Waals surface area contributed by atoms with Gasteiger partial charge in [-0.3, -0.25) is 14.4 Å². The van der Waals surface area contributed by atoms with Gasteiger partial charge < -0.3 is 15.1 Å². The maximum absolute atomic E-state index is 13.3. The molecule has 1 aromatic carbocycles. The molecule has 1 heterocycles. The van der Waals surface area contributed by atoms with E-state index in [9.17, 15) is 29.0 Å². The first-order valence-corrected chi connectivity index (χ1v) is 6.82. The Morgan fingerprint density at radius 3 is 2.18 bits per heavy atom. The van der Waals surface area contributed by atoms with Gasteiger partial charge in [0, 0.05) is 13.1 Å². The Labute approximate surface area is 129 Å². The molecule has 1 aliphatic heterocycles. The van der Waals surface area contributed by atoms with Gasteiger partial charge in [0.15, 0.2) is 0 Å². The SMILES string of the molecule is O=C(c1cc(F)ccc1Cl)N1C[C@@]2(C(=O)O)C[C@@]2(C(=O)O)C1. The molecule has 0 spiro atoms. The summed E-state index contributed by atoms with van der Waals surface area (Å²) in [6.45, 7) is -0.444. The number of benzene rings is 1. The van der Waals surface area contributed by atoms with E-state index >= 15 is 0 Å². The van der Waals surface area contributed by atoms with Crippen LogP contribution >= 0.6 is 11.6 Å². The van der Waals surface area contributed by atoms with E-state index in [4.69, 9.17) is 11.6 Å². The molecule has 1 amide bonds. The summed E-state index contributed by atoms with van der Waals surface area (Å²) in [4.78, 5) is 36.3. The predicted molar refractivity (Wildman–Crippen MR) is 72.1 cm³/mol. The Balaban J connectivity index is 1.92. The van der Waals surface area contributed by atoms with Gasteiger partial charge in [-0.2, -0.15) is 0 Å². The van der Waals surface area contributed by atoms with Crippen molar-refractivity contribution in [3.8, 4) is 0 Å². The van der Waals surface area contributed by atoms with Crippen molar-refractivity contribution in [1.82, 2.24) is 4.90 Å².